The van der Waals surface area contributed by atoms with E-state index in [1.165, 1.54) is 0 Å². The number of rotatable bonds is 4. The summed E-state index contributed by atoms with van der Waals surface area (Å²) in [5, 5.41) is 0. The molecule has 0 aliphatic heterocycles. The van der Waals surface area contributed by atoms with E-state index in [9.17, 15) is 9.18 Å². The van der Waals surface area contributed by atoms with Gasteiger partial charge >= 0.3 is 6.09 Å². The van der Waals surface area contributed by atoms with Gasteiger partial charge in [0.1, 0.15) is 12.3 Å². The predicted molar refractivity (Wildman–Crippen MR) is 68.2 cm³/mol. The molecule has 1 aromatic carbocycles. The predicted octanol–water partition coefficient (Wildman–Crippen LogP) is 2.56. The van der Waals surface area contributed by atoms with E-state index in [-0.39, 0.29) is 6.10 Å². The molecule has 5 heteroatoms. The molecule has 0 radical (unpaired) electrons. The summed E-state index contributed by atoms with van der Waals surface area (Å²) in [4.78, 5) is 10.7. The summed E-state index contributed by atoms with van der Waals surface area (Å²) in [5.74, 6) is 0. The second kappa shape index (κ2) is 6.52. The fourth-order valence-electron chi connectivity index (χ4n) is 2.27. The second-order valence-corrected chi connectivity index (χ2v) is 4.72. The summed E-state index contributed by atoms with van der Waals surface area (Å²) in [6.45, 7) is 0.478. The van der Waals surface area contributed by atoms with Crippen molar-refractivity contribution in [1.82, 2.24) is 0 Å². The molecule has 1 fully saturated rings. The van der Waals surface area contributed by atoms with Crippen molar-refractivity contribution in [2.75, 3.05) is 0 Å². The van der Waals surface area contributed by atoms with Gasteiger partial charge < -0.3 is 15.2 Å². The standard InChI is InChI=1S/C14H18FNO3/c15-12-7-6-11(8-13(12)19-14(16)17)18-9-10-4-2-1-3-5-10/h1-5,11-13H,6-9H2,(H2,16,17)/t11-,12+,13+/m1/s1. The van der Waals surface area contributed by atoms with Crippen LogP contribution >= 0.6 is 0 Å². The van der Waals surface area contributed by atoms with Crippen molar-refractivity contribution in [2.24, 2.45) is 5.73 Å². The van der Waals surface area contributed by atoms with Crippen molar-refractivity contribution in [3.63, 3.8) is 0 Å². The van der Waals surface area contributed by atoms with Gasteiger partial charge in [0.15, 0.2) is 0 Å². The molecule has 0 heterocycles. The molecule has 2 rings (SSSR count). The Bertz CT molecular complexity index is 412. The summed E-state index contributed by atoms with van der Waals surface area (Å²) in [6.07, 6.45) is -1.65. The molecule has 0 aromatic heterocycles. The monoisotopic (exact) mass is 267 g/mol. The summed E-state index contributed by atoms with van der Waals surface area (Å²) in [7, 11) is 0. The summed E-state index contributed by atoms with van der Waals surface area (Å²) >= 11 is 0. The molecule has 104 valence electrons. The maximum atomic E-state index is 13.6. The lowest BCUT2D eigenvalue weighted by Crippen LogP contribution is -2.39. The lowest BCUT2D eigenvalue weighted by molar-refractivity contribution is -0.0567. The van der Waals surface area contributed by atoms with Crippen LogP contribution in [-0.2, 0) is 16.1 Å². The minimum atomic E-state index is -1.15. The Balaban J connectivity index is 1.83. The van der Waals surface area contributed by atoms with Gasteiger partial charge in [0.05, 0.1) is 12.7 Å². The maximum absolute atomic E-state index is 13.6. The molecule has 1 saturated carbocycles. The Morgan fingerprint density at radius 3 is 2.74 bits per heavy atom. The highest BCUT2D eigenvalue weighted by Gasteiger charge is 2.33. The van der Waals surface area contributed by atoms with Gasteiger partial charge in [0, 0.05) is 6.42 Å². The van der Waals surface area contributed by atoms with E-state index in [4.69, 9.17) is 15.2 Å². The zero-order chi connectivity index (χ0) is 13.7. The molecular weight excluding hydrogens is 249 g/mol. The molecule has 0 spiro atoms. The zero-order valence-electron chi connectivity index (χ0n) is 10.6. The molecule has 1 amide bonds. The minimum absolute atomic E-state index is 0.100. The first-order chi connectivity index (χ1) is 9.15. The van der Waals surface area contributed by atoms with E-state index < -0.39 is 18.4 Å². The van der Waals surface area contributed by atoms with Gasteiger partial charge in [-0.25, -0.2) is 9.18 Å². The maximum Gasteiger partial charge on any atom is 0.404 e. The molecule has 1 aliphatic rings. The first-order valence-electron chi connectivity index (χ1n) is 6.41. The quantitative estimate of drug-likeness (QED) is 0.912. The Kier molecular flexibility index (Phi) is 4.74. The van der Waals surface area contributed by atoms with Crippen molar-refractivity contribution in [1.29, 1.82) is 0 Å². The van der Waals surface area contributed by atoms with Crippen LogP contribution in [0.4, 0.5) is 9.18 Å². The van der Waals surface area contributed by atoms with E-state index in [0.29, 0.717) is 25.9 Å². The van der Waals surface area contributed by atoms with Crippen LogP contribution in [0.3, 0.4) is 0 Å². The number of alkyl halides is 1. The highest BCUT2D eigenvalue weighted by atomic mass is 19.1. The van der Waals surface area contributed by atoms with E-state index in [2.05, 4.69) is 0 Å². The van der Waals surface area contributed by atoms with E-state index >= 15 is 0 Å². The van der Waals surface area contributed by atoms with Crippen LogP contribution in [0, 0.1) is 0 Å². The smallest absolute Gasteiger partial charge is 0.404 e. The number of primary amides is 1. The topological polar surface area (TPSA) is 61.6 Å². The number of nitrogens with two attached hydrogens (primary N) is 1. The van der Waals surface area contributed by atoms with Gasteiger partial charge in [0.25, 0.3) is 0 Å². The lowest BCUT2D eigenvalue weighted by atomic mass is 9.93. The third-order valence-electron chi connectivity index (χ3n) is 3.26. The molecule has 2 N–H and O–H groups in total. The number of halogens is 1. The molecule has 3 atom stereocenters. The molecule has 19 heavy (non-hydrogen) atoms. The van der Waals surface area contributed by atoms with Crippen LogP contribution in [-0.4, -0.2) is 24.5 Å². The Hall–Kier alpha value is -1.62. The average molecular weight is 267 g/mol. The fourth-order valence-corrected chi connectivity index (χ4v) is 2.27. The third kappa shape index (κ3) is 4.21. The van der Waals surface area contributed by atoms with Gasteiger partial charge in [-0.3, -0.25) is 0 Å². The van der Waals surface area contributed by atoms with Crippen molar-refractivity contribution < 1.29 is 18.7 Å². The largest absolute Gasteiger partial charge is 0.443 e. The first kappa shape index (κ1) is 13.8. The number of amides is 1. The van der Waals surface area contributed by atoms with Crippen LogP contribution in [0.25, 0.3) is 0 Å². The Morgan fingerprint density at radius 1 is 1.32 bits per heavy atom. The molecule has 1 aliphatic carbocycles. The molecule has 0 unspecified atom stereocenters. The summed E-state index contributed by atoms with van der Waals surface area (Å²) in [5.41, 5.74) is 5.99. The third-order valence-corrected chi connectivity index (χ3v) is 3.26. The highest BCUT2D eigenvalue weighted by molar-refractivity contribution is 5.64. The van der Waals surface area contributed by atoms with E-state index in [0.717, 1.165) is 5.56 Å². The minimum Gasteiger partial charge on any atom is -0.443 e. The zero-order valence-corrected chi connectivity index (χ0v) is 10.6. The van der Waals surface area contributed by atoms with Gasteiger partial charge in [-0.2, -0.15) is 0 Å². The van der Waals surface area contributed by atoms with Crippen LogP contribution in [0.2, 0.25) is 0 Å². The van der Waals surface area contributed by atoms with Crippen LogP contribution < -0.4 is 5.73 Å². The van der Waals surface area contributed by atoms with Gasteiger partial charge in [-0.1, -0.05) is 30.3 Å². The van der Waals surface area contributed by atoms with Crippen LogP contribution in [0.15, 0.2) is 30.3 Å². The average Bonchev–Trinajstić information content (AvgIpc) is 2.40. The number of ether oxygens (including phenoxy) is 2. The highest BCUT2D eigenvalue weighted by Crippen LogP contribution is 2.27. The van der Waals surface area contributed by atoms with Crippen molar-refractivity contribution in [3.8, 4) is 0 Å². The van der Waals surface area contributed by atoms with Crippen LogP contribution in [0.5, 0.6) is 0 Å². The summed E-state index contributed by atoms with van der Waals surface area (Å²) in [6, 6.07) is 9.76. The van der Waals surface area contributed by atoms with Gasteiger partial charge in [-0.05, 0) is 18.4 Å². The number of hydrogen-bond donors (Lipinski definition) is 1. The molecular formula is C14H18FNO3. The first-order valence-corrected chi connectivity index (χ1v) is 6.41. The molecule has 1 aromatic rings. The van der Waals surface area contributed by atoms with E-state index in [1.807, 2.05) is 30.3 Å². The Labute approximate surface area is 111 Å². The number of carbonyl (C=O) groups is 1. The number of hydrogen-bond acceptors (Lipinski definition) is 3. The van der Waals surface area contributed by atoms with Gasteiger partial charge in [0.2, 0.25) is 0 Å². The van der Waals surface area contributed by atoms with Gasteiger partial charge in [-0.15, -0.1) is 0 Å². The number of benzene rings is 1. The number of carbonyl (C=O) groups excluding carboxylic acids is 1. The SMILES string of the molecule is NC(=O)O[C@H]1C[C@H](OCc2ccccc2)CC[C@@H]1F. The van der Waals surface area contributed by atoms with Crippen LogP contribution in [0.1, 0.15) is 24.8 Å². The second-order valence-electron chi connectivity index (χ2n) is 4.72. The summed E-state index contributed by atoms with van der Waals surface area (Å²) < 4.78 is 24.1. The van der Waals surface area contributed by atoms with Crippen molar-refractivity contribution in [3.05, 3.63) is 35.9 Å². The molecule has 0 saturated heterocycles. The van der Waals surface area contributed by atoms with Crippen molar-refractivity contribution in [2.45, 2.75) is 44.2 Å². The Morgan fingerprint density at radius 2 is 2.05 bits per heavy atom. The fraction of sp³-hybridized carbons (Fsp3) is 0.500. The van der Waals surface area contributed by atoms with E-state index in [1.54, 1.807) is 0 Å². The normalized spacial score (nSPS) is 26.9. The lowest BCUT2D eigenvalue weighted by Gasteiger charge is -2.31. The van der Waals surface area contributed by atoms with Crippen molar-refractivity contribution >= 4 is 6.09 Å². The molecule has 4 nitrogen and oxygen atoms in total. The molecule has 0 bridgehead atoms.